The Bertz CT molecular complexity index is 216. The minimum absolute atomic E-state index is 0. The van der Waals surface area contributed by atoms with Crippen LogP contribution in [0.4, 0.5) is 0 Å². The quantitative estimate of drug-likeness (QED) is 0.261. The highest BCUT2D eigenvalue weighted by Gasteiger charge is 2.53. The molecule has 0 atom stereocenters. The summed E-state index contributed by atoms with van der Waals surface area (Å²) in [6.45, 7) is 0.606. The van der Waals surface area contributed by atoms with Crippen molar-refractivity contribution < 1.29 is 28.7 Å². The summed E-state index contributed by atoms with van der Waals surface area (Å²) in [5.41, 5.74) is 4.74. The maximum absolute atomic E-state index is 10.4. The molecule has 0 bridgehead atoms. The van der Waals surface area contributed by atoms with Gasteiger partial charge in [-0.3, -0.25) is 9.13 Å². The van der Waals surface area contributed by atoms with Crippen molar-refractivity contribution in [3.05, 3.63) is 0 Å². The molecule has 0 radical (unpaired) electrons. The van der Waals surface area contributed by atoms with Gasteiger partial charge in [0.1, 0.15) is 0 Å². The molecule has 12 heavy (non-hydrogen) atoms. The van der Waals surface area contributed by atoms with Crippen LogP contribution in [0.3, 0.4) is 0 Å². The Labute approximate surface area is 70.9 Å². The van der Waals surface area contributed by atoms with E-state index in [-0.39, 0.29) is 8.41 Å². The summed E-state index contributed by atoms with van der Waals surface area (Å²) in [6, 6.07) is 0. The number of hydrogen-bond acceptors (Lipinski definition) is 3. The predicted octanol–water partition coefficient (Wildman–Crippen LogP) is -2.21. The first-order valence-corrected chi connectivity index (χ1v) is 5.63. The second-order valence-corrected chi connectivity index (χ2v) is 6.57. The Morgan fingerprint density at radius 3 is 1.25 bits per heavy atom. The Hall–Kier alpha value is 0.325. The average molecular weight is 219 g/mol. The number of hydrogen-bond donors (Lipinski definition) is 5. The van der Waals surface area contributed by atoms with Gasteiger partial charge in [0, 0.05) is 0 Å². The molecule has 0 fully saturated rings. The van der Waals surface area contributed by atoms with E-state index in [2.05, 4.69) is 0 Å². The van der Waals surface area contributed by atoms with Crippen molar-refractivity contribution in [2.24, 2.45) is 5.73 Å². The van der Waals surface area contributed by atoms with E-state index in [1.165, 1.54) is 0 Å². The van der Waals surface area contributed by atoms with Crippen molar-refractivity contribution in [3.63, 3.8) is 0 Å². The standard InChI is InChI=1S/C2H9NO6P2.BH3/c1-2(3,10(4,5)6)11(7,8)9;/h3H2,1H3,(H2,4,5,6)(H2,7,8,9);1H3. The summed E-state index contributed by atoms with van der Waals surface area (Å²) >= 11 is 0. The molecule has 0 heterocycles. The number of rotatable bonds is 2. The first kappa shape index (κ1) is 14.8. The fraction of sp³-hybridized carbons (Fsp3) is 1.00. The lowest BCUT2D eigenvalue weighted by Crippen LogP contribution is -2.35. The molecule has 0 amide bonds. The third-order valence-corrected chi connectivity index (χ3v) is 5.10. The molecule has 0 aromatic rings. The predicted molar refractivity (Wildman–Crippen MR) is 46.6 cm³/mol. The normalized spacial score (nSPS) is 13.8. The Morgan fingerprint density at radius 2 is 1.25 bits per heavy atom. The highest BCUT2D eigenvalue weighted by atomic mass is 31.2. The van der Waals surface area contributed by atoms with Gasteiger partial charge in [0.2, 0.25) is 5.02 Å². The largest absolute Gasteiger partial charge is 0.357 e. The minimum atomic E-state index is -4.98. The summed E-state index contributed by atoms with van der Waals surface area (Å²) in [6.07, 6.45) is 0. The van der Waals surface area contributed by atoms with Crippen LogP contribution >= 0.6 is 15.2 Å². The molecule has 0 aromatic carbocycles. The van der Waals surface area contributed by atoms with Crippen LogP contribution in [-0.2, 0) is 9.13 Å². The molecule has 7 nitrogen and oxygen atoms in total. The van der Waals surface area contributed by atoms with Gasteiger partial charge in [-0.2, -0.15) is 0 Å². The molecular weight excluding hydrogens is 207 g/mol. The zero-order chi connectivity index (χ0) is 9.50. The van der Waals surface area contributed by atoms with Crippen molar-refractivity contribution in [2.75, 3.05) is 0 Å². The van der Waals surface area contributed by atoms with Crippen LogP contribution in [0.25, 0.3) is 0 Å². The molecule has 10 heteroatoms. The van der Waals surface area contributed by atoms with E-state index in [1.807, 2.05) is 0 Å². The molecule has 0 rings (SSSR count). The van der Waals surface area contributed by atoms with Crippen LogP contribution in [0.15, 0.2) is 0 Å². The first-order chi connectivity index (χ1) is 4.50. The zero-order valence-corrected chi connectivity index (χ0v) is 7.37. The first-order valence-electron chi connectivity index (χ1n) is 2.40. The Kier molecular flexibility index (Phi) is 4.44. The third-order valence-electron chi connectivity index (χ3n) is 1.18. The SMILES string of the molecule is B.CC(N)(P(=O)(O)O)P(=O)(O)O. The van der Waals surface area contributed by atoms with Crippen LogP contribution in [0.5, 0.6) is 0 Å². The molecule has 0 aliphatic heterocycles. The summed E-state index contributed by atoms with van der Waals surface area (Å²) < 4.78 is 20.8. The molecule has 0 saturated carbocycles. The van der Waals surface area contributed by atoms with Crippen molar-refractivity contribution in [3.8, 4) is 0 Å². The van der Waals surface area contributed by atoms with E-state index in [9.17, 15) is 9.13 Å². The zero-order valence-electron chi connectivity index (χ0n) is 5.58. The second-order valence-electron chi connectivity index (χ2n) is 2.18. The molecule has 74 valence electrons. The Balaban J connectivity index is 0. The van der Waals surface area contributed by atoms with Crippen LogP contribution in [0, 0.1) is 0 Å². The van der Waals surface area contributed by atoms with Gasteiger partial charge in [-0.1, -0.05) is 0 Å². The minimum Gasteiger partial charge on any atom is -0.323 e. The van der Waals surface area contributed by atoms with E-state index in [1.54, 1.807) is 0 Å². The molecular formula is C2H12BNO6P2. The maximum Gasteiger partial charge on any atom is 0.357 e. The highest BCUT2D eigenvalue weighted by Crippen LogP contribution is 2.65. The summed E-state index contributed by atoms with van der Waals surface area (Å²) in [5.74, 6) is 0. The van der Waals surface area contributed by atoms with Crippen LogP contribution in [-0.4, -0.2) is 33.0 Å². The maximum atomic E-state index is 10.4. The number of nitrogens with two attached hydrogens (primary N) is 1. The fourth-order valence-electron chi connectivity index (χ4n) is 0.170. The van der Waals surface area contributed by atoms with E-state index in [0.29, 0.717) is 6.92 Å². The van der Waals surface area contributed by atoms with Gasteiger partial charge in [-0.05, 0) is 6.92 Å². The van der Waals surface area contributed by atoms with Gasteiger partial charge in [0.15, 0.2) is 0 Å². The van der Waals surface area contributed by atoms with Crippen LogP contribution < -0.4 is 5.73 Å². The molecule has 0 spiro atoms. The van der Waals surface area contributed by atoms with Gasteiger partial charge >= 0.3 is 15.2 Å². The lowest BCUT2D eigenvalue weighted by atomic mass is 10.8. The van der Waals surface area contributed by atoms with E-state index >= 15 is 0 Å². The van der Waals surface area contributed by atoms with Gasteiger partial charge in [0.25, 0.3) is 0 Å². The van der Waals surface area contributed by atoms with Crippen molar-refractivity contribution in [1.29, 1.82) is 0 Å². The van der Waals surface area contributed by atoms with Gasteiger partial charge < -0.3 is 25.3 Å². The molecule has 0 unspecified atom stereocenters. The average Bonchev–Trinajstić information content (AvgIpc) is 1.58. The highest BCUT2D eigenvalue weighted by molar-refractivity contribution is 7.72. The topological polar surface area (TPSA) is 141 Å². The van der Waals surface area contributed by atoms with E-state index < -0.39 is 20.2 Å². The molecule has 0 aliphatic carbocycles. The lowest BCUT2D eigenvalue weighted by molar-refractivity contribution is 0.315. The smallest absolute Gasteiger partial charge is 0.323 e. The van der Waals surface area contributed by atoms with Gasteiger partial charge in [-0.15, -0.1) is 0 Å². The van der Waals surface area contributed by atoms with Crippen molar-refractivity contribution >= 4 is 23.6 Å². The molecule has 0 saturated heterocycles. The molecule has 0 aromatic heterocycles. The lowest BCUT2D eigenvalue weighted by Gasteiger charge is -2.25. The Morgan fingerprint density at radius 1 is 1.08 bits per heavy atom. The van der Waals surface area contributed by atoms with E-state index in [4.69, 9.17) is 25.3 Å². The fourth-order valence-corrected chi connectivity index (χ4v) is 1.53. The summed E-state index contributed by atoms with van der Waals surface area (Å²) in [4.78, 5) is 33.5. The summed E-state index contributed by atoms with van der Waals surface area (Å²) in [5, 5.41) is -2.79. The van der Waals surface area contributed by atoms with Crippen LogP contribution in [0.1, 0.15) is 6.92 Å². The van der Waals surface area contributed by atoms with Crippen molar-refractivity contribution in [2.45, 2.75) is 11.9 Å². The second kappa shape index (κ2) is 3.60. The summed E-state index contributed by atoms with van der Waals surface area (Å²) in [7, 11) is -9.95. The third kappa shape index (κ3) is 2.67. The van der Waals surface area contributed by atoms with Crippen LogP contribution in [0.2, 0.25) is 0 Å². The van der Waals surface area contributed by atoms with Gasteiger partial charge in [0.05, 0.1) is 8.41 Å². The monoisotopic (exact) mass is 219 g/mol. The van der Waals surface area contributed by atoms with Gasteiger partial charge in [-0.25, -0.2) is 0 Å². The molecule has 6 N–H and O–H groups in total. The molecule has 0 aliphatic rings. The van der Waals surface area contributed by atoms with Crippen molar-refractivity contribution in [1.82, 2.24) is 0 Å². The van der Waals surface area contributed by atoms with E-state index in [0.717, 1.165) is 0 Å².